The van der Waals surface area contributed by atoms with E-state index in [0.29, 0.717) is 0 Å². The second-order valence-electron chi connectivity index (χ2n) is 6.45. The molecule has 1 aromatic heterocycles. The smallest absolute Gasteiger partial charge is 0.228 e. The van der Waals surface area contributed by atoms with E-state index >= 15 is 0 Å². The van der Waals surface area contributed by atoms with Gasteiger partial charge in [-0.3, -0.25) is 0 Å². The minimum absolute atomic E-state index is 0.782. The van der Waals surface area contributed by atoms with Crippen LogP contribution in [0.4, 0.5) is 11.8 Å². The van der Waals surface area contributed by atoms with Crippen molar-refractivity contribution in [2.24, 2.45) is 0 Å². The Morgan fingerprint density at radius 3 is 1.89 bits per heavy atom. The Balaban J connectivity index is 2.03. The summed E-state index contributed by atoms with van der Waals surface area (Å²) in [6.07, 6.45) is 0. The van der Waals surface area contributed by atoms with Crippen molar-refractivity contribution in [1.29, 1.82) is 0 Å². The number of nitrogens with zero attached hydrogens (tertiary/aromatic N) is 4. The van der Waals surface area contributed by atoms with Gasteiger partial charge in [0.15, 0.2) is 0 Å². The van der Waals surface area contributed by atoms with Crippen molar-refractivity contribution in [3.8, 4) is 11.3 Å². The summed E-state index contributed by atoms with van der Waals surface area (Å²) in [6, 6.07) is 22.9. The molecule has 4 heteroatoms. The van der Waals surface area contributed by atoms with Gasteiger partial charge >= 0.3 is 0 Å². The van der Waals surface area contributed by atoms with Gasteiger partial charge in [-0.2, -0.15) is 4.98 Å². The fourth-order valence-electron chi connectivity index (χ4n) is 3.16. The maximum absolute atomic E-state index is 4.91. The van der Waals surface area contributed by atoms with Gasteiger partial charge in [0.05, 0.1) is 5.69 Å². The standard InChI is InChI=1S/C23H28N4/c1-4-26(5-2)22-17-21(20-15-11-8-12-16-20)24-23(25-22)27(6-3)18-19-13-9-7-10-14-19/h7-17H,4-6,18H2,1-3H3. The number of rotatable bonds is 8. The SMILES string of the molecule is CCN(CC)c1cc(-c2ccccc2)nc(N(CC)Cc2ccccc2)n1. The Morgan fingerprint density at radius 2 is 1.30 bits per heavy atom. The van der Waals surface area contributed by atoms with Crippen LogP contribution in [-0.2, 0) is 6.54 Å². The van der Waals surface area contributed by atoms with Crippen molar-refractivity contribution in [3.63, 3.8) is 0 Å². The number of hydrogen-bond acceptors (Lipinski definition) is 4. The molecule has 0 aliphatic heterocycles. The molecule has 0 bridgehead atoms. The molecule has 1 heterocycles. The average molecular weight is 361 g/mol. The Kier molecular flexibility index (Phi) is 6.42. The van der Waals surface area contributed by atoms with Gasteiger partial charge in [-0.05, 0) is 26.3 Å². The van der Waals surface area contributed by atoms with Crippen LogP contribution >= 0.6 is 0 Å². The first kappa shape index (κ1) is 18.9. The number of benzene rings is 2. The van der Waals surface area contributed by atoms with Crippen molar-refractivity contribution < 1.29 is 0 Å². The Bertz CT molecular complexity index is 830. The van der Waals surface area contributed by atoms with Gasteiger partial charge in [0.25, 0.3) is 0 Å². The van der Waals surface area contributed by atoms with E-state index in [-0.39, 0.29) is 0 Å². The zero-order valence-corrected chi connectivity index (χ0v) is 16.5. The molecule has 0 radical (unpaired) electrons. The molecular formula is C23H28N4. The summed E-state index contributed by atoms with van der Waals surface area (Å²) in [5.41, 5.74) is 3.34. The highest BCUT2D eigenvalue weighted by Gasteiger charge is 2.15. The van der Waals surface area contributed by atoms with Crippen LogP contribution in [0.15, 0.2) is 66.7 Å². The first-order valence-corrected chi connectivity index (χ1v) is 9.73. The minimum Gasteiger partial charge on any atom is -0.357 e. The fraction of sp³-hybridized carbons (Fsp3) is 0.304. The van der Waals surface area contributed by atoms with Gasteiger partial charge in [-0.25, -0.2) is 4.98 Å². The summed E-state index contributed by atoms with van der Waals surface area (Å²) < 4.78 is 0. The van der Waals surface area contributed by atoms with E-state index in [1.807, 2.05) is 12.1 Å². The molecule has 0 aliphatic carbocycles. The highest BCUT2D eigenvalue weighted by atomic mass is 15.3. The molecule has 0 N–H and O–H groups in total. The van der Waals surface area contributed by atoms with Crippen molar-refractivity contribution in [1.82, 2.24) is 9.97 Å². The summed E-state index contributed by atoms with van der Waals surface area (Å²) in [7, 11) is 0. The third-order valence-electron chi connectivity index (χ3n) is 4.74. The van der Waals surface area contributed by atoms with Crippen molar-refractivity contribution in [2.45, 2.75) is 27.3 Å². The van der Waals surface area contributed by atoms with Crippen LogP contribution in [0.2, 0.25) is 0 Å². The highest BCUT2D eigenvalue weighted by Crippen LogP contribution is 2.25. The van der Waals surface area contributed by atoms with E-state index in [2.05, 4.69) is 85.2 Å². The van der Waals surface area contributed by atoms with Gasteiger partial charge in [0, 0.05) is 37.8 Å². The van der Waals surface area contributed by atoms with E-state index in [4.69, 9.17) is 9.97 Å². The van der Waals surface area contributed by atoms with E-state index < -0.39 is 0 Å². The van der Waals surface area contributed by atoms with Crippen LogP contribution in [-0.4, -0.2) is 29.6 Å². The lowest BCUT2D eigenvalue weighted by Crippen LogP contribution is -2.27. The van der Waals surface area contributed by atoms with E-state index in [1.165, 1.54) is 5.56 Å². The lowest BCUT2D eigenvalue weighted by Gasteiger charge is -2.25. The molecule has 0 atom stereocenters. The molecule has 0 unspecified atom stereocenters. The van der Waals surface area contributed by atoms with Crippen LogP contribution in [0.5, 0.6) is 0 Å². The zero-order chi connectivity index (χ0) is 19.1. The van der Waals surface area contributed by atoms with Gasteiger partial charge in [-0.1, -0.05) is 60.7 Å². The monoisotopic (exact) mass is 360 g/mol. The first-order chi connectivity index (χ1) is 13.2. The van der Waals surface area contributed by atoms with E-state index in [0.717, 1.165) is 49.2 Å². The molecule has 27 heavy (non-hydrogen) atoms. The van der Waals surface area contributed by atoms with Crippen LogP contribution in [0.25, 0.3) is 11.3 Å². The van der Waals surface area contributed by atoms with Crippen LogP contribution in [0.1, 0.15) is 26.3 Å². The molecule has 140 valence electrons. The number of anilines is 2. The lowest BCUT2D eigenvalue weighted by molar-refractivity contribution is 0.779. The minimum atomic E-state index is 0.782. The van der Waals surface area contributed by atoms with Crippen LogP contribution in [0, 0.1) is 0 Å². The van der Waals surface area contributed by atoms with Gasteiger partial charge in [0.2, 0.25) is 5.95 Å². The van der Waals surface area contributed by atoms with Crippen molar-refractivity contribution in [2.75, 3.05) is 29.4 Å². The summed E-state index contributed by atoms with van der Waals surface area (Å²) in [5, 5.41) is 0. The molecular weight excluding hydrogens is 332 g/mol. The largest absolute Gasteiger partial charge is 0.357 e. The first-order valence-electron chi connectivity index (χ1n) is 9.73. The van der Waals surface area contributed by atoms with Gasteiger partial charge in [0.1, 0.15) is 5.82 Å². The molecule has 0 amide bonds. The fourth-order valence-corrected chi connectivity index (χ4v) is 3.16. The van der Waals surface area contributed by atoms with Crippen molar-refractivity contribution in [3.05, 3.63) is 72.3 Å². The Hall–Kier alpha value is -2.88. The molecule has 0 saturated carbocycles. The molecule has 2 aromatic carbocycles. The second-order valence-corrected chi connectivity index (χ2v) is 6.45. The normalized spacial score (nSPS) is 10.6. The van der Waals surface area contributed by atoms with E-state index in [1.54, 1.807) is 0 Å². The van der Waals surface area contributed by atoms with Crippen molar-refractivity contribution >= 4 is 11.8 Å². The molecule has 0 saturated heterocycles. The van der Waals surface area contributed by atoms with Gasteiger partial charge < -0.3 is 9.80 Å². The third-order valence-corrected chi connectivity index (χ3v) is 4.74. The predicted molar refractivity (Wildman–Crippen MR) is 114 cm³/mol. The summed E-state index contributed by atoms with van der Waals surface area (Å²) in [5.74, 6) is 1.76. The summed E-state index contributed by atoms with van der Waals surface area (Å²) in [4.78, 5) is 14.3. The maximum atomic E-state index is 4.91. The maximum Gasteiger partial charge on any atom is 0.228 e. The zero-order valence-electron chi connectivity index (χ0n) is 16.5. The molecule has 0 fully saturated rings. The Labute approximate surface area is 162 Å². The molecule has 3 rings (SSSR count). The molecule has 0 spiro atoms. The van der Waals surface area contributed by atoms with Crippen LogP contribution in [0.3, 0.4) is 0 Å². The lowest BCUT2D eigenvalue weighted by atomic mass is 10.1. The number of hydrogen-bond donors (Lipinski definition) is 0. The predicted octanol–water partition coefficient (Wildman–Crippen LogP) is 5.02. The third kappa shape index (κ3) is 4.64. The molecule has 0 aliphatic rings. The topological polar surface area (TPSA) is 32.3 Å². The molecule has 4 nitrogen and oxygen atoms in total. The number of aromatic nitrogens is 2. The molecule has 3 aromatic rings. The van der Waals surface area contributed by atoms with Crippen LogP contribution < -0.4 is 9.80 Å². The summed E-state index contributed by atoms with van der Waals surface area (Å²) >= 11 is 0. The van der Waals surface area contributed by atoms with E-state index in [9.17, 15) is 0 Å². The Morgan fingerprint density at radius 1 is 0.704 bits per heavy atom. The highest BCUT2D eigenvalue weighted by molar-refractivity contribution is 5.65. The van der Waals surface area contributed by atoms with Gasteiger partial charge in [-0.15, -0.1) is 0 Å². The quantitative estimate of drug-likeness (QED) is 0.565. The average Bonchev–Trinajstić information content (AvgIpc) is 2.74. The summed E-state index contributed by atoms with van der Waals surface area (Å²) in [6.45, 7) is 9.97. The second kappa shape index (κ2) is 9.17.